The lowest BCUT2D eigenvalue weighted by Gasteiger charge is -2.60. The second-order valence-electron chi connectivity index (χ2n) is 18.3. The van der Waals surface area contributed by atoms with Gasteiger partial charge in [0.25, 0.3) is 5.69 Å². The molecule has 1 saturated carbocycles. The number of carbonyl (C=O) groups excluding carboxylic acids is 2. The number of benzene rings is 3. The number of methoxy groups -OCH3 is 2. The fraction of sp³-hybridized carbons (Fsp3) is 0.481. The van der Waals surface area contributed by atoms with Gasteiger partial charge in [-0.25, -0.2) is 4.79 Å². The summed E-state index contributed by atoms with van der Waals surface area (Å²) in [6.45, 7) is 12.2. The van der Waals surface area contributed by atoms with E-state index >= 15 is 0 Å². The molecule has 16 heteroatoms. The van der Waals surface area contributed by atoms with Crippen molar-refractivity contribution in [2.45, 2.75) is 102 Å². The summed E-state index contributed by atoms with van der Waals surface area (Å²) in [4.78, 5) is 47.3. The second-order valence-corrected chi connectivity index (χ2v) is 18.3. The zero-order valence-electron chi connectivity index (χ0n) is 40.0. The Morgan fingerprint density at radius 1 is 1.00 bits per heavy atom. The van der Waals surface area contributed by atoms with E-state index in [0.29, 0.717) is 72.9 Å². The Kier molecular flexibility index (Phi) is 17.4. The highest BCUT2D eigenvalue weighted by atomic mass is 16.7. The van der Waals surface area contributed by atoms with Crippen LogP contribution in [0, 0.1) is 27.9 Å². The van der Waals surface area contributed by atoms with Crippen molar-refractivity contribution in [3.63, 3.8) is 0 Å². The maximum atomic E-state index is 14.8. The van der Waals surface area contributed by atoms with E-state index in [4.69, 9.17) is 33.7 Å². The Labute approximate surface area is 398 Å². The number of oxime groups is 1. The van der Waals surface area contributed by atoms with Gasteiger partial charge in [0.1, 0.15) is 34.6 Å². The summed E-state index contributed by atoms with van der Waals surface area (Å²) < 4.78 is 31.2. The van der Waals surface area contributed by atoms with Gasteiger partial charge >= 0.3 is 6.09 Å². The van der Waals surface area contributed by atoms with Crippen LogP contribution in [0.5, 0.6) is 23.0 Å². The fourth-order valence-electron chi connectivity index (χ4n) is 9.68. The van der Waals surface area contributed by atoms with Crippen LogP contribution < -0.4 is 24.3 Å². The third kappa shape index (κ3) is 11.9. The van der Waals surface area contributed by atoms with Crippen molar-refractivity contribution in [3.8, 4) is 23.0 Å². The number of fused-ring (bicyclic) bond motifs is 2. The number of hydrogen-bond donors (Lipinski definition) is 3. The van der Waals surface area contributed by atoms with E-state index in [1.54, 1.807) is 59.5 Å². The molecule has 366 valence electrons. The molecule has 0 bridgehead atoms. The molecule has 6 atom stereocenters. The van der Waals surface area contributed by atoms with Crippen molar-refractivity contribution in [2.75, 3.05) is 45.9 Å². The summed E-state index contributed by atoms with van der Waals surface area (Å²) in [5, 5.41) is 39.0. The normalized spacial score (nSPS) is 22.3. The number of amides is 2. The van der Waals surface area contributed by atoms with Gasteiger partial charge in [0, 0.05) is 61.9 Å². The highest BCUT2D eigenvalue weighted by Gasteiger charge is 2.65. The standard InChI is InChI=1S/C52H66N4O12/c1-8-26-55(47(59)25-18-34-16-19-36(20-17-34)56(61)62)46-33-43(54-68-51(3,4)5)40-30-35(14-10-12-27-57)39(15-11-13-28-58)48-41-31-38(22-24-44(41)67-52(46,49(40)48)65-29-9-2)66-50(60)53-42-23-21-37(63-6)32-45(42)64-7/h9,16-25,30-32,35,39,46,48-49,57-58H,2,8,10-15,26-29,33H2,1,3-7H3,(H,53,60). The van der Waals surface area contributed by atoms with E-state index in [0.717, 1.165) is 24.0 Å². The number of allylic oxidation sites excluding steroid dienone is 1. The molecule has 6 rings (SSSR count). The number of carbonyl (C=O) groups is 2. The first-order valence-corrected chi connectivity index (χ1v) is 23.4. The molecule has 16 nitrogen and oxygen atoms in total. The Balaban J connectivity index is 1.53. The van der Waals surface area contributed by atoms with Crippen LogP contribution in [0.15, 0.2) is 96.2 Å². The summed E-state index contributed by atoms with van der Waals surface area (Å²) >= 11 is 0. The van der Waals surface area contributed by atoms with Gasteiger partial charge in [-0.3, -0.25) is 20.2 Å². The van der Waals surface area contributed by atoms with Crippen LogP contribution >= 0.6 is 0 Å². The molecule has 3 aromatic rings. The molecule has 0 saturated heterocycles. The van der Waals surface area contributed by atoms with Crippen molar-refractivity contribution in [2.24, 2.45) is 22.9 Å². The fourth-order valence-corrected chi connectivity index (χ4v) is 9.68. The monoisotopic (exact) mass is 938 g/mol. The van der Waals surface area contributed by atoms with E-state index in [-0.39, 0.29) is 61.3 Å². The number of nitro groups is 1. The van der Waals surface area contributed by atoms with Crippen molar-refractivity contribution >= 4 is 35.2 Å². The molecule has 0 aromatic heterocycles. The molecule has 0 spiro atoms. The highest BCUT2D eigenvalue weighted by Crippen LogP contribution is 2.62. The smallest absolute Gasteiger partial charge is 0.417 e. The van der Waals surface area contributed by atoms with E-state index < -0.39 is 34.4 Å². The predicted molar refractivity (Wildman–Crippen MR) is 259 cm³/mol. The molecular weight excluding hydrogens is 873 g/mol. The average Bonchev–Trinajstić information content (AvgIpc) is 3.32. The van der Waals surface area contributed by atoms with Crippen molar-refractivity contribution in [1.82, 2.24) is 4.90 Å². The zero-order chi connectivity index (χ0) is 49.0. The van der Waals surface area contributed by atoms with E-state index in [9.17, 15) is 29.9 Å². The molecule has 1 heterocycles. The molecule has 2 amide bonds. The van der Waals surface area contributed by atoms with Crippen LogP contribution in [0.25, 0.3) is 6.08 Å². The topological polar surface area (TPSA) is 201 Å². The zero-order valence-corrected chi connectivity index (χ0v) is 40.0. The number of unbranched alkanes of at least 4 members (excludes halogenated alkanes) is 2. The maximum Gasteiger partial charge on any atom is 0.417 e. The van der Waals surface area contributed by atoms with Gasteiger partial charge in [0.2, 0.25) is 11.7 Å². The first-order chi connectivity index (χ1) is 32.7. The van der Waals surface area contributed by atoms with Crippen LogP contribution in [-0.4, -0.2) is 95.8 Å². The van der Waals surface area contributed by atoms with Crippen molar-refractivity contribution < 1.29 is 53.2 Å². The molecule has 3 N–H and O–H groups in total. The summed E-state index contributed by atoms with van der Waals surface area (Å²) in [5.74, 6) is -1.22. The van der Waals surface area contributed by atoms with Gasteiger partial charge < -0.3 is 43.6 Å². The number of anilines is 1. The number of nitrogens with one attached hydrogen (secondary N) is 1. The lowest BCUT2D eigenvalue weighted by molar-refractivity contribution is -0.384. The van der Waals surface area contributed by atoms with E-state index in [1.807, 2.05) is 33.8 Å². The Hall–Kier alpha value is -6.23. The molecule has 68 heavy (non-hydrogen) atoms. The molecule has 0 radical (unpaired) electrons. The van der Waals surface area contributed by atoms with Gasteiger partial charge in [-0.1, -0.05) is 37.1 Å². The highest BCUT2D eigenvalue weighted by molar-refractivity contribution is 6.03. The van der Waals surface area contributed by atoms with Crippen molar-refractivity contribution in [3.05, 3.63) is 112 Å². The Morgan fingerprint density at radius 3 is 2.37 bits per heavy atom. The molecular formula is C52H66N4O12. The summed E-state index contributed by atoms with van der Waals surface area (Å²) in [5.41, 5.74) is 2.54. The number of aliphatic hydroxyl groups is 2. The van der Waals surface area contributed by atoms with Crippen molar-refractivity contribution in [1.29, 1.82) is 0 Å². The lowest BCUT2D eigenvalue weighted by atomic mass is 9.55. The number of nitro benzene ring substituents is 1. The molecule has 3 aliphatic rings. The van der Waals surface area contributed by atoms with E-state index in [2.05, 4.69) is 18.0 Å². The summed E-state index contributed by atoms with van der Waals surface area (Å²) in [6, 6.07) is 15.5. The van der Waals surface area contributed by atoms with E-state index in [1.165, 1.54) is 32.4 Å². The number of rotatable bonds is 22. The Morgan fingerprint density at radius 2 is 1.72 bits per heavy atom. The number of ether oxygens (including phenoxy) is 5. The minimum atomic E-state index is -1.51. The third-order valence-corrected chi connectivity index (χ3v) is 12.6. The molecule has 3 aromatic carbocycles. The largest absolute Gasteiger partial charge is 0.497 e. The Bertz CT molecular complexity index is 2340. The van der Waals surface area contributed by atoms with Crippen LogP contribution in [-0.2, 0) is 14.4 Å². The quantitative estimate of drug-likeness (QED) is 0.0284. The van der Waals surface area contributed by atoms with Gasteiger partial charge in [-0.05, 0) is 124 Å². The predicted octanol–water partition coefficient (Wildman–Crippen LogP) is 9.61. The van der Waals surface area contributed by atoms with Crippen LogP contribution in [0.4, 0.5) is 16.2 Å². The van der Waals surface area contributed by atoms with Gasteiger partial charge in [0.15, 0.2) is 0 Å². The summed E-state index contributed by atoms with van der Waals surface area (Å²) in [7, 11) is 3.03. The van der Waals surface area contributed by atoms with Crippen LogP contribution in [0.2, 0.25) is 0 Å². The first kappa shape index (κ1) is 51.2. The second kappa shape index (κ2) is 23.2. The van der Waals surface area contributed by atoms with Gasteiger partial charge in [-0.2, -0.15) is 0 Å². The third-order valence-electron chi connectivity index (χ3n) is 12.6. The first-order valence-electron chi connectivity index (χ1n) is 23.4. The van der Waals surface area contributed by atoms with Crippen LogP contribution in [0.1, 0.15) is 96.1 Å². The van der Waals surface area contributed by atoms with Crippen LogP contribution in [0.3, 0.4) is 0 Å². The van der Waals surface area contributed by atoms with Gasteiger partial charge in [0.05, 0.1) is 43.1 Å². The molecule has 6 unspecified atom stereocenters. The molecule has 1 fully saturated rings. The number of aliphatic hydroxyl groups excluding tert-OH is 2. The summed E-state index contributed by atoms with van der Waals surface area (Å²) in [6.07, 6.45) is 11.2. The maximum absolute atomic E-state index is 14.8. The lowest BCUT2D eigenvalue weighted by Crippen LogP contribution is -2.70. The minimum absolute atomic E-state index is 0.0237. The SMILES string of the molecule is C=CCOC12Oc3ccc(OC(=O)Nc4ccc(OC)cc4OC)cc3C3C(CCCCO)C(CCCCO)C=C(C(=NOC(C)(C)C)CC1N(CCC)C(=O)C=Cc1ccc([N+](=O)[O-])cc1)C32. The molecule has 1 aliphatic heterocycles. The number of non-ortho nitro benzene ring substituents is 1. The molecule has 2 aliphatic carbocycles. The number of nitrogens with zero attached hydrogens (tertiary/aromatic N) is 3. The minimum Gasteiger partial charge on any atom is -0.497 e. The average molecular weight is 939 g/mol. The number of hydrogen-bond acceptors (Lipinski definition) is 13. The van der Waals surface area contributed by atoms with Gasteiger partial charge in [-0.15, -0.1) is 6.58 Å².